The fourth-order valence-electron chi connectivity index (χ4n) is 6.46. The first kappa shape index (κ1) is 24.3. The van der Waals surface area contributed by atoms with Crippen LogP contribution >= 0.6 is 0 Å². The van der Waals surface area contributed by atoms with E-state index in [1.54, 1.807) is 14.2 Å². The van der Waals surface area contributed by atoms with Crippen molar-refractivity contribution in [3.05, 3.63) is 58.1 Å². The van der Waals surface area contributed by atoms with E-state index in [1.165, 1.54) is 0 Å². The number of allylic oxidation sites excluding steroid dienone is 1. The Morgan fingerprint density at radius 3 is 2.44 bits per heavy atom. The highest BCUT2D eigenvalue weighted by atomic mass is 16.5. The predicted octanol–water partition coefficient (Wildman–Crippen LogP) is 4.58. The van der Waals surface area contributed by atoms with Gasteiger partial charge in [-0.3, -0.25) is 9.69 Å². The Balaban J connectivity index is 1.49. The van der Waals surface area contributed by atoms with Crippen molar-refractivity contribution >= 4 is 11.9 Å². The lowest BCUT2D eigenvalue weighted by Gasteiger charge is -2.44. The zero-order chi connectivity index (χ0) is 25.8. The van der Waals surface area contributed by atoms with Crippen molar-refractivity contribution in [2.24, 2.45) is 0 Å². The summed E-state index contributed by atoms with van der Waals surface area (Å²) in [5.41, 5.74) is 5.40. The van der Waals surface area contributed by atoms with Gasteiger partial charge in [0.1, 0.15) is 11.5 Å². The zero-order valence-corrected chi connectivity index (χ0v) is 22.1. The molecule has 36 heavy (non-hydrogen) atoms. The molecule has 1 atom stereocenters. The van der Waals surface area contributed by atoms with E-state index in [9.17, 15) is 9.59 Å². The molecule has 2 aromatic rings. The average Bonchev–Trinajstić information content (AvgIpc) is 3.24. The number of nitrogens with one attached hydrogen (secondary N) is 1. The van der Waals surface area contributed by atoms with Crippen LogP contribution < -0.4 is 9.47 Å². The minimum atomic E-state index is -0.417. The molecule has 0 saturated carbocycles. The third-order valence-electron chi connectivity index (χ3n) is 8.17. The van der Waals surface area contributed by atoms with Crippen molar-refractivity contribution in [2.75, 3.05) is 33.9 Å². The number of carbonyl (C=O) groups excluding carboxylic acids is 2. The molecule has 3 amide bonds. The number of aromatic nitrogens is 1. The molecule has 192 valence electrons. The number of hydrogen-bond acceptors (Lipinski definition) is 4. The molecule has 8 heteroatoms. The van der Waals surface area contributed by atoms with Crippen molar-refractivity contribution in [2.45, 2.75) is 58.5 Å². The molecule has 1 unspecified atom stereocenters. The van der Waals surface area contributed by atoms with E-state index in [0.29, 0.717) is 39.0 Å². The van der Waals surface area contributed by atoms with Crippen molar-refractivity contribution in [1.82, 2.24) is 19.7 Å². The molecule has 2 saturated heterocycles. The van der Waals surface area contributed by atoms with Gasteiger partial charge >= 0.3 is 6.03 Å². The summed E-state index contributed by atoms with van der Waals surface area (Å²) in [6.45, 7) is 10.4. The average molecular weight is 493 g/mol. The Morgan fingerprint density at radius 2 is 1.86 bits per heavy atom. The number of amides is 3. The molecule has 1 N–H and O–H groups in total. The highest BCUT2D eigenvalue weighted by Crippen LogP contribution is 2.49. The standard InChI is InChI=1S/C28H36N4O4/c1-7-32-27(34)31-16-20-14-21(35-5)15-23(36-6)25(20)17(2)12-24(31)28(32)8-10-30(11-9-28)26(33)22-13-18(3)29-19(22)4/h12-15,17,29H,7-11,16H2,1-6H3. The molecule has 4 heterocycles. The van der Waals surface area contributed by atoms with Gasteiger partial charge in [0.15, 0.2) is 0 Å². The summed E-state index contributed by atoms with van der Waals surface area (Å²) in [6.07, 6.45) is 3.67. The van der Waals surface area contributed by atoms with Crippen molar-refractivity contribution in [3.63, 3.8) is 0 Å². The second kappa shape index (κ2) is 8.91. The first-order chi connectivity index (χ1) is 17.2. The number of urea groups is 1. The minimum Gasteiger partial charge on any atom is -0.497 e. The summed E-state index contributed by atoms with van der Waals surface area (Å²) >= 11 is 0. The third kappa shape index (κ3) is 3.57. The number of ether oxygens (including phenoxy) is 2. The van der Waals surface area contributed by atoms with Crippen LogP contribution in [-0.4, -0.2) is 71.0 Å². The number of rotatable bonds is 4. The second-order valence-corrected chi connectivity index (χ2v) is 10.2. The Kier molecular flexibility index (Phi) is 6.01. The maximum Gasteiger partial charge on any atom is 0.325 e. The van der Waals surface area contributed by atoms with Gasteiger partial charge in [-0.15, -0.1) is 0 Å². The Labute approximate surface area is 212 Å². The largest absolute Gasteiger partial charge is 0.497 e. The minimum absolute atomic E-state index is 0.0301. The number of carbonyl (C=O) groups is 2. The first-order valence-corrected chi connectivity index (χ1v) is 12.8. The van der Waals surface area contributed by atoms with Crippen LogP contribution in [0.25, 0.3) is 0 Å². The number of fused-ring (bicyclic) bond motifs is 3. The quantitative estimate of drug-likeness (QED) is 0.678. The Bertz CT molecular complexity index is 1240. The normalized spacial score (nSPS) is 20.7. The number of aryl methyl sites for hydroxylation is 2. The van der Waals surface area contributed by atoms with Gasteiger partial charge in [0.05, 0.1) is 31.9 Å². The van der Waals surface area contributed by atoms with Crippen LogP contribution in [0.2, 0.25) is 0 Å². The Hall–Kier alpha value is -3.42. The van der Waals surface area contributed by atoms with Crippen LogP contribution in [0, 0.1) is 13.8 Å². The number of nitrogens with zero attached hydrogens (tertiary/aromatic N) is 3. The number of piperidine rings is 1. The van der Waals surface area contributed by atoms with E-state index in [0.717, 1.165) is 45.3 Å². The van der Waals surface area contributed by atoms with E-state index in [-0.39, 0.29) is 17.9 Å². The zero-order valence-electron chi connectivity index (χ0n) is 22.1. The number of aromatic amines is 1. The van der Waals surface area contributed by atoms with E-state index in [4.69, 9.17) is 9.47 Å². The number of benzene rings is 1. The number of methoxy groups -OCH3 is 2. The van der Waals surface area contributed by atoms with Crippen LogP contribution in [0.3, 0.4) is 0 Å². The van der Waals surface area contributed by atoms with E-state index in [1.807, 2.05) is 53.7 Å². The number of likely N-dealkylation sites (N-methyl/N-ethyl adjacent to an activating group) is 1. The van der Waals surface area contributed by atoms with Gasteiger partial charge in [-0.05, 0) is 51.3 Å². The van der Waals surface area contributed by atoms with E-state index < -0.39 is 5.54 Å². The van der Waals surface area contributed by atoms with Crippen LogP contribution in [0.4, 0.5) is 4.79 Å². The number of likely N-dealkylation sites (tertiary alicyclic amines) is 1. The third-order valence-corrected chi connectivity index (χ3v) is 8.17. The van der Waals surface area contributed by atoms with Crippen molar-refractivity contribution < 1.29 is 19.1 Å². The van der Waals surface area contributed by atoms with Gasteiger partial charge in [-0.2, -0.15) is 0 Å². The maximum atomic E-state index is 13.8. The van der Waals surface area contributed by atoms with Crippen molar-refractivity contribution in [3.8, 4) is 11.5 Å². The second-order valence-electron chi connectivity index (χ2n) is 10.2. The summed E-state index contributed by atoms with van der Waals surface area (Å²) in [5, 5.41) is 0. The van der Waals surface area contributed by atoms with Gasteiger partial charge in [-0.25, -0.2) is 4.79 Å². The molecule has 0 radical (unpaired) electrons. The van der Waals surface area contributed by atoms with Gasteiger partial charge in [-0.1, -0.05) is 13.0 Å². The van der Waals surface area contributed by atoms with Gasteiger partial charge in [0, 0.05) is 54.3 Å². The number of H-pyrrole nitrogens is 1. The SMILES string of the molecule is CCN1C(=O)N2Cc3cc(OC)cc(OC)c3C(C)C=C2C12CCN(C(=O)c1cc(C)[nH]c1C)CC2. The molecule has 2 fully saturated rings. The molecular weight excluding hydrogens is 456 g/mol. The predicted molar refractivity (Wildman–Crippen MR) is 137 cm³/mol. The topological polar surface area (TPSA) is 78.1 Å². The molecule has 5 rings (SSSR count). The van der Waals surface area contributed by atoms with E-state index >= 15 is 0 Å². The smallest absolute Gasteiger partial charge is 0.325 e. The lowest BCUT2D eigenvalue weighted by molar-refractivity contribution is 0.0575. The number of hydrogen-bond donors (Lipinski definition) is 1. The summed E-state index contributed by atoms with van der Waals surface area (Å²) < 4.78 is 11.3. The molecular formula is C28H36N4O4. The van der Waals surface area contributed by atoms with Gasteiger partial charge in [0.25, 0.3) is 5.91 Å². The molecule has 3 aliphatic rings. The lowest BCUT2D eigenvalue weighted by atomic mass is 9.82. The first-order valence-electron chi connectivity index (χ1n) is 12.8. The molecule has 0 bridgehead atoms. The summed E-state index contributed by atoms with van der Waals surface area (Å²) in [7, 11) is 3.32. The van der Waals surface area contributed by atoms with Crippen LogP contribution in [0.5, 0.6) is 11.5 Å². The Morgan fingerprint density at radius 1 is 1.14 bits per heavy atom. The van der Waals surface area contributed by atoms with E-state index in [2.05, 4.69) is 18.0 Å². The molecule has 0 aliphatic carbocycles. The van der Waals surface area contributed by atoms with Crippen molar-refractivity contribution in [1.29, 1.82) is 0 Å². The highest BCUT2D eigenvalue weighted by Gasteiger charge is 2.55. The fourth-order valence-corrected chi connectivity index (χ4v) is 6.46. The van der Waals surface area contributed by atoms with Crippen LogP contribution in [0.1, 0.15) is 65.5 Å². The summed E-state index contributed by atoms with van der Waals surface area (Å²) in [4.78, 5) is 36.2. The van der Waals surface area contributed by atoms with Crippen LogP contribution in [0.15, 0.2) is 30.0 Å². The van der Waals surface area contributed by atoms with Gasteiger partial charge in [0.2, 0.25) is 0 Å². The fraction of sp³-hybridized carbons (Fsp3) is 0.500. The molecule has 1 aromatic heterocycles. The summed E-state index contributed by atoms with van der Waals surface area (Å²) in [5.74, 6) is 1.62. The van der Waals surface area contributed by atoms with Gasteiger partial charge < -0.3 is 24.3 Å². The summed E-state index contributed by atoms with van der Waals surface area (Å²) in [6, 6.07) is 5.88. The molecule has 3 aliphatic heterocycles. The maximum absolute atomic E-state index is 13.8. The molecule has 1 spiro atoms. The molecule has 8 nitrogen and oxygen atoms in total. The van der Waals surface area contributed by atoms with Crippen LogP contribution in [-0.2, 0) is 6.54 Å². The highest BCUT2D eigenvalue weighted by molar-refractivity contribution is 5.95. The molecule has 1 aromatic carbocycles. The monoisotopic (exact) mass is 492 g/mol. The lowest BCUT2D eigenvalue weighted by Crippen LogP contribution is -2.54.